The number of carboxylic acid groups (broad SMARTS) is 1. The zero-order valence-electron chi connectivity index (χ0n) is 12.6. The maximum absolute atomic E-state index is 11.1. The molecule has 0 aromatic heterocycles. The molecule has 0 spiro atoms. The fourth-order valence-electron chi connectivity index (χ4n) is 2.62. The lowest BCUT2D eigenvalue weighted by atomic mass is 9.91. The number of benzene rings is 1. The third-order valence-electron chi connectivity index (χ3n) is 3.97. The van der Waals surface area contributed by atoms with Crippen LogP contribution in [0, 0.1) is 5.92 Å². The molecule has 1 fully saturated rings. The molecule has 3 N–H and O–H groups in total. The SMILES string of the molecule is CCCCCOc1ccc(C2NNC(C(=O)O)C2C)cc1. The van der Waals surface area contributed by atoms with Crippen LogP contribution in [0.15, 0.2) is 24.3 Å². The van der Waals surface area contributed by atoms with Crippen molar-refractivity contribution in [1.82, 2.24) is 10.9 Å². The third-order valence-corrected chi connectivity index (χ3v) is 3.97. The summed E-state index contributed by atoms with van der Waals surface area (Å²) in [5.41, 5.74) is 6.97. The Bertz CT molecular complexity index is 461. The van der Waals surface area contributed by atoms with Crippen LogP contribution in [-0.2, 0) is 4.79 Å². The highest BCUT2D eigenvalue weighted by atomic mass is 16.5. The van der Waals surface area contributed by atoms with Crippen LogP contribution in [-0.4, -0.2) is 23.7 Å². The number of nitrogens with one attached hydrogen (secondary N) is 2. The minimum atomic E-state index is -0.826. The Kier molecular flexibility index (Phi) is 5.59. The van der Waals surface area contributed by atoms with Crippen molar-refractivity contribution < 1.29 is 14.6 Å². The number of aliphatic carboxylic acids is 1. The second kappa shape index (κ2) is 7.43. The fraction of sp³-hybridized carbons (Fsp3) is 0.562. The fourth-order valence-corrected chi connectivity index (χ4v) is 2.62. The van der Waals surface area contributed by atoms with E-state index < -0.39 is 12.0 Å². The van der Waals surface area contributed by atoms with Gasteiger partial charge < -0.3 is 9.84 Å². The Labute approximate surface area is 125 Å². The van der Waals surface area contributed by atoms with E-state index in [1.807, 2.05) is 31.2 Å². The summed E-state index contributed by atoms with van der Waals surface area (Å²) in [6.07, 6.45) is 3.44. The van der Waals surface area contributed by atoms with Gasteiger partial charge in [0.15, 0.2) is 0 Å². The summed E-state index contributed by atoms with van der Waals surface area (Å²) < 4.78 is 5.68. The maximum atomic E-state index is 11.1. The molecule has 1 aromatic carbocycles. The third kappa shape index (κ3) is 3.95. The summed E-state index contributed by atoms with van der Waals surface area (Å²) >= 11 is 0. The van der Waals surface area contributed by atoms with Gasteiger partial charge in [-0.2, -0.15) is 0 Å². The van der Waals surface area contributed by atoms with Gasteiger partial charge in [0.25, 0.3) is 0 Å². The lowest BCUT2D eigenvalue weighted by Crippen LogP contribution is -2.37. The summed E-state index contributed by atoms with van der Waals surface area (Å²) in [7, 11) is 0. The molecule has 1 saturated heterocycles. The second-order valence-corrected chi connectivity index (χ2v) is 5.57. The topological polar surface area (TPSA) is 70.6 Å². The van der Waals surface area contributed by atoms with Gasteiger partial charge in [0.1, 0.15) is 11.8 Å². The predicted molar refractivity (Wildman–Crippen MR) is 81.1 cm³/mol. The molecule has 0 radical (unpaired) electrons. The van der Waals surface area contributed by atoms with E-state index in [9.17, 15) is 4.79 Å². The molecule has 5 heteroatoms. The average molecular weight is 292 g/mol. The monoisotopic (exact) mass is 292 g/mol. The Balaban J connectivity index is 1.92. The Morgan fingerprint density at radius 3 is 2.52 bits per heavy atom. The number of carbonyl (C=O) groups is 1. The first-order valence-corrected chi connectivity index (χ1v) is 7.60. The summed E-state index contributed by atoms with van der Waals surface area (Å²) in [5, 5.41) is 9.11. The summed E-state index contributed by atoms with van der Waals surface area (Å²) in [5.74, 6) is 0.0236. The molecule has 3 unspecified atom stereocenters. The molecule has 5 nitrogen and oxygen atoms in total. The van der Waals surface area contributed by atoms with Crippen molar-refractivity contribution in [2.24, 2.45) is 5.92 Å². The van der Waals surface area contributed by atoms with E-state index >= 15 is 0 Å². The molecule has 21 heavy (non-hydrogen) atoms. The number of carboxylic acids is 1. The van der Waals surface area contributed by atoms with E-state index in [4.69, 9.17) is 9.84 Å². The largest absolute Gasteiger partial charge is 0.494 e. The highest BCUT2D eigenvalue weighted by molar-refractivity contribution is 5.74. The summed E-state index contributed by atoms with van der Waals surface area (Å²) in [4.78, 5) is 11.1. The number of rotatable bonds is 7. The molecule has 1 heterocycles. The maximum Gasteiger partial charge on any atom is 0.322 e. The van der Waals surface area contributed by atoms with Crippen LogP contribution in [0.5, 0.6) is 5.75 Å². The van der Waals surface area contributed by atoms with Crippen LogP contribution in [0.4, 0.5) is 0 Å². The highest BCUT2D eigenvalue weighted by Gasteiger charge is 2.37. The number of unbranched alkanes of at least 4 members (excludes halogenated alkanes) is 2. The van der Waals surface area contributed by atoms with E-state index in [2.05, 4.69) is 17.8 Å². The predicted octanol–water partition coefficient (Wildman–Crippen LogP) is 2.49. The zero-order chi connectivity index (χ0) is 15.2. The highest BCUT2D eigenvalue weighted by Crippen LogP contribution is 2.29. The first kappa shape index (κ1) is 15.8. The first-order chi connectivity index (χ1) is 10.1. The number of ether oxygens (including phenoxy) is 1. The molecular formula is C16H24N2O3. The van der Waals surface area contributed by atoms with Crippen molar-refractivity contribution in [3.63, 3.8) is 0 Å². The van der Waals surface area contributed by atoms with E-state index in [1.165, 1.54) is 12.8 Å². The Morgan fingerprint density at radius 2 is 1.95 bits per heavy atom. The van der Waals surface area contributed by atoms with Gasteiger partial charge >= 0.3 is 5.97 Å². The molecule has 3 atom stereocenters. The molecule has 116 valence electrons. The van der Waals surface area contributed by atoms with Gasteiger partial charge in [-0.15, -0.1) is 0 Å². The average Bonchev–Trinajstić information content (AvgIpc) is 2.86. The molecule has 0 amide bonds. The minimum absolute atomic E-state index is 0.000224. The number of hydrogen-bond donors (Lipinski definition) is 3. The summed E-state index contributed by atoms with van der Waals surface area (Å²) in [6.45, 7) is 4.85. The van der Waals surface area contributed by atoms with Crippen molar-refractivity contribution in [2.45, 2.75) is 45.2 Å². The smallest absolute Gasteiger partial charge is 0.322 e. The molecule has 1 aromatic rings. The van der Waals surface area contributed by atoms with Gasteiger partial charge in [-0.25, -0.2) is 10.9 Å². The van der Waals surface area contributed by atoms with Crippen molar-refractivity contribution in [1.29, 1.82) is 0 Å². The van der Waals surface area contributed by atoms with Crippen molar-refractivity contribution in [2.75, 3.05) is 6.61 Å². The van der Waals surface area contributed by atoms with Gasteiger partial charge in [0.05, 0.1) is 12.6 Å². The molecule has 1 aliphatic heterocycles. The van der Waals surface area contributed by atoms with Gasteiger partial charge in [-0.1, -0.05) is 38.8 Å². The Morgan fingerprint density at radius 1 is 1.24 bits per heavy atom. The van der Waals surface area contributed by atoms with Gasteiger partial charge in [-0.3, -0.25) is 4.79 Å². The van der Waals surface area contributed by atoms with Gasteiger partial charge in [-0.05, 0) is 24.1 Å². The van der Waals surface area contributed by atoms with Crippen molar-refractivity contribution >= 4 is 5.97 Å². The quantitative estimate of drug-likeness (QED) is 0.674. The van der Waals surface area contributed by atoms with Crippen LogP contribution < -0.4 is 15.6 Å². The van der Waals surface area contributed by atoms with Crippen molar-refractivity contribution in [3.8, 4) is 5.75 Å². The second-order valence-electron chi connectivity index (χ2n) is 5.57. The van der Waals surface area contributed by atoms with Crippen LogP contribution in [0.1, 0.15) is 44.7 Å². The van der Waals surface area contributed by atoms with Crippen LogP contribution in [0.25, 0.3) is 0 Å². The lowest BCUT2D eigenvalue weighted by Gasteiger charge is -2.17. The zero-order valence-corrected chi connectivity index (χ0v) is 12.6. The molecular weight excluding hydrogens is 268 g/mol. The first-order valence-electron chi connectivity index (χ1n) is 7.60. The van der Waals surface area contributed by atoms with Crippen molar-refractivity contribution in [3.05, 3.63) is 29.8 Å². The number of hydrogen-bond acceptors (Lipinski definition) is 4. The van der Waals surface area contributed by atoms with Gasteiger partial charge in [0, 0.05) is 5.92 Å². The normalized spacial score (nSPS) is 25.0. The molecule has 0 saturated carbocycles. The minimum Gasteiger partial charge on any atom is -0.494 e. The van der Waals surface area contributed by atoms with Gasteiger partial charge in [0.2, 0.25) is 0 Å². The van der Waals surface area contributed by atoms with E-state index in [1.54, 1.807) is 0 Å². The molecule has 0 bridgehead atoms. The van der Waals surface area contributed by atoms with Crippen LogP contribution >= 0.6 is 0 Å². The summed E-state index contributed by atoms with van der Waals surface area (Å²) in [6, 6.07) is 7.33. The molecule has 2 rings (SSSR count). The van der Waals surface area contributed by atoms with E-state index in [0.29, 0.717) is 0 Å². The van der Waals surface area contributed by atoms with Crippen LogP contribution in [0.3, 0.4) is 0 Å². The molecule has 1 aliphatic rings. The van der Waals surface area contributed by atoms with Crippen LogP contribution in [0.2, 0.25) is 0 Å². The number of hydrazine groups is 1. The van der Waals surface area contributed by atoms with E-state index in [0.717, 1.165) is 24.3 Å². The lowest BCUT2D eigenvalue weighted by molar-refractivity contribution is -0.140. The molecule has 0 aliphatic carbocycles. The standard InChI is InChI=1S/C16H24N2O3/c1-3-4-5-10-21-13-8-6-12(7-9-13)14-11(2)15(16(19)20)18-17-14/h6-9,11,14-15,17-18H,3-5,10H2,1-2H3,(H,19,20). The Hall–Kier alpha value is -1.59. The van der Waals surface area contributed by atoms with E-state index in [-0.39, 0.29) is 12.0 Å².